The van der Waals surface area contributed by atoms with Crippen molar-refractivity contribution in [3.63, 3.8) is 0 Å². The third-order valence-corrected chi connectivity index (χ3v) is 5.17. The molecule has 2 aromatic rings. The van der Waals surface area contributed by atoms with E-state index in [1.807, 2.05) is 16.7 Å². The largest absolute Gasteiger partial charge is 0.496 e. The zero-order chi connectivity index (χ0) is 18.8. The number of hydrogen-bond acceptors (Lipinski definition) is 4. The summed E-state index contributed by atoms with van der Waals surface area (Å²) in [4.78, 5) is 24.7. The fourth-order valence-corrected chi connectivity index (χ4v) is 3.96. The molecular formula is C19H26N4O3. The first kappa shape index (κ1) is 18.3. The van der Waals surface area contributed by atoms with Crippen LogP contribution in [-0.2, 0) is 4.79 Å². The van der Waals surface area contributed by atoms with Crippen molar-refractivity contribution >= 4 is 28.5 Å². The van der Waals surface area contributed by atoms with Crippen LogP contribution >= 0.6 is 0 Å². The number of nitrogens with zero attached hydrogens (tertiary/aromatic N) is 2. The molecule has 0 spiro atoms. The van der Waals surface area contributed by atoms with Crippen LogP contribution in [0.4, 0.5) is 5.82 Å². The number of aromatic nitrogens is 1. The molecule has 4 N–H and O–H groups in total. The molecule has 1 aliphatic rings. The van der Waals surface area contributed by atoms with E-state index in [2.05, 4.69) is 0 Å². The number of ether oxygens (including phenoxy) is 1. The highest BCUT2D eigenvalue weighted by atomic mass is 16.5. The Morgan fingerprint density at radius 3 is 2.54 bits per heavy atom. The molecule has 0 bridgehead atoms. The summed E-state index contributed by atoms with van der Waals surface area (Å²) in [7, 11) is 1.55. The first-order valence-electron chi connectivity index (χ1n) is 9.09. The third kappa shape index (κ3) is 2.92. The van der Waals surface area contributed by atoms with E-state index in [1.54, 1.807) is 20.1 Å². The Balaban J connectivity index is 2.37. The smallest absolute Gasteiger partial charge is 0.253 e. The maximum atomic E-state index is 12.4. The van der Waals surface area contributed by atoms with Gasteiger partial charge in [0, 0.05) is 12.5 Å². The number of rotatable bonds is 5. The summed E-state index contributed by atoms with van der Waals surface area (Å²) in [5.74, 6) is 6.19. The van der Waals surface area contributed by atoms with Crippen molar-refractivity contribution in [2.75, 3.05) is 12.1 Å². The molecule has 0 radical (unpaired) electrons. The summed E-state index contributed by atoms with van der Waals surface area (Å²) >= 11 is 0. The number of carbonyl (C=O) groups excluding carboxylic acids is 2. The molecule has 1 aromatic heterocycles. The number of primary amides is 1. The van der Waals surface area contributed by atoms with Gasteiger partial charge in [0.15, 0.2) is 0 Å². The zero-order valence-corrected chi connectivity index (χ0v) is 15.3. The second-order valence-electron chi connectivity index (χ2n) is 6.70. The highest BCUT2D eigenvalue weighted by Crippen LogP contribution is 2.42. The Labute approximate surface area is 152 Å². The summed E-state index contributed by atoms with van der Waals surface area (Å²) < 4.78 is 7.49. The number of benzene rings is 1. The average Bonchev–Trinajstić information content (AvgIpc) is 3.02. The molecule has 1 saturated carbocycles. The number of anilines is 1. The van der Waals surface area contributed by atoms with E-state index in [4.69, 9.17) is 16.3 Å². The topological polar surface area (TPSA) is 104 Å². The molecule has 1 fully saturated rings. The predicted octanol–water partition coefficient (Wildman–Crippen LogP) is 2.87. The van der Waals surface area contributed by atoms with Crippen molar-refractivity contribution in [2.45, 2.75) is 51.5 Å². The molecular weight excluding hydrogens is 332 g/mol. The standard InChI is InChI=1S/C19H26N4O3/c1-3-15(24)23(21)19-17(18(20)25)16-13(10-7-11-14(16)26-2)22(19)12-8-5-4-6-9-12/h7,10-12H,3-6,8-9,21H2,1-2H3,(H2,20,25). The lowest BCUT2D eigenvalue weighted by Gasteiger charge is -2.29. The number of fused-ring (bicyclic) bond motifs is 1. The van der Waals surface area contributed by atoms with Gasteiger partial charge < -0.3 is 15.0 Å². The van der Waals surface area contributed by atoms with Crippen molar-refractivity contribution in [2.24, 2.45) is 11.6 Å². The highest BCUT2D eigenvalue weighted by Gasteiger charge is 2.32. The predicted molar refractivity (Wildman–Crippen MR) is 101 cm³/mol. The van der Waals surface area contributed by atoms with Gasteiger partial charge in [0.05, 0.1) is 23.6 Å². The van der Waals surface area contributed by atoms with Gasteiger partial charge in [0.25, 0.3) is 5.91 Å². The maximum Gasteiger partial charge on any atom is 0.253 e. The van der Waals surface area contributed by atoms with Crippen LogP contribution in [0.15, 0.2) is 18.2 Å². The van der Waals surface area contributed by atoms with Gasteiger partial charge in [-0.1, -0.05) is 32.3 Å². The van der Waals surface area contributed by atoms with Gasteiger partial charge in [-0.25, -0.2) is 10.9 Å². The molecule has 0 atom stereocenters. The number of amides is 2. The third-order valence-electron chi connectivity index (χ3n) is 5.17. The minimum Gasteiger partial charge on any atom is -0.496 e. The zero-order valence-electron chi connectivity index (χ0n) is 15.3. The lowest BCUT2D eigenvalue weighted by molar-refractivity contribution is -0.118. The summed E-state index contributed by atoms with van der Waals surface area (Å²) in [5, 5.41) is 1.69. The fraction of sp³-hybridized carbons (Fsp3) is 0.474. The molecule has 3 rings (SSSR count). The Morgan fingerprint density at radius 2 is 1.96 bits per heavy atom. The van der Waals surface area contributed by atoms with E-state index >= 15 is 0 Å². The average molecular weight is 358 g/mol. The summed E-state index contributed by atoms with van der Waals surface area (Å²) in [6.07, 6.45) is 5.58. The minimum atomic E-state index is -0.622. The normalized spacial score (nSPS) is 15.2. The van der Waals surface area contributed by atoms with Crippen molar-refractivity contribution in [3.8, 4) is 5.75 Å². The van der Waals surface area contributed by atoms with E-state index in [9.17, 15) is 9.59 Å². The molecule has 140 valence electrons. The maximum absolute atomic E-state index is 12.4. The van der Waals surface area contributed by atoms with Crippen molar-refractivity contribution in [1.29, 1.82) is 0 Å². The van der Waals surface area contributed by atoms with Crippen LogP contribution in [0.1, 0.15) is 61.8 Å². The highest BCUT2D eigenvalue weighted by molar-refractivity contribution is 6.15. The second-order valence-corrected chi connectivity index (χ2v) is 6.70. The quantitative estimate of drug-likeness (QED) is 0.487. The number of methoxy groups -OCH3 is 1. The summed E-state index contributed by atoms with van der Waals surface area (Å²) in [5.41, 5.74) is 6.79. The van der Waals surface area contributed by atoms with Gasteiger partial charge in [0.1, 0.15) is 11.6 Å². The number of carbonyl (C=O) groups is 2. The minimum absolute atomic E-state index is 0.164. The summed E-state index contributed by atoms with van der Waals surface area (Å²) in [6, 6.07) is 5.74. The monoisotopic (exact) mass is 358 g/mol. The Hall–Kier alpha value is -2.54. The van der Waals surface area contributed by atoms with Crippen molar-refractivity contribution in [3.05, 3.63) is 23.8 Å². The van der Waals surface area contributed by atoms with E-state index in [-0.39, 0.29) is 23.9 Å². The molecule has 1 aromatic carbocycles. The molecule has 1 aliphatic carbocycles. The van der Waals surface area contributed by atoms with Crippen molar-refractivity contribution in [1.82, 2.24) is 4.57 Å². The van der Waals surface area contributed by atoms with Crippen LogP contribution in [-0.4, -0.2) is 23.5 Å². The Morgan fingerprint density at radius 1 is 1.27 bits per heavy atom. The van der Waals surface area contributed by atoms with Crippen LogP contribution in [0, 0.1) is 0 Å². The van der Waals surface area contributed by atoms with E-state index in [0.29, 0.717) is 17.0 Å². The van der Waals surface area contributed by atoms with Crippen LogP contribution < -0.4 is 21.3 Å². The van der Waals surface area contributed by atoms with Crippen LogP contribution in [0.3, 0.4) is 0 Å². The van der Waals surface area contributed by atoms with Gasteiger partial charge in [-0.15, -0.1) is 0 Å². The molecule has 7 nitrogen and oxygen atoms in total. The number of nitrogens with two attached hydrogens (primary N) is 2. The molecule has 0 aliphatic heterocycles. The summed E-state index contributed by atoms with van der Waals surface area (Å²) in [6.45, 7) is 1.74. The van der Waals surface area contributed by atoms with Gasteiger partial charge in [-0.3, -0.25) is 9.59 Å². The number of hydrazine groups is 1. The second kappa shape index (κ2) is 7.37. The van der Waals surface area contributed by atoms with Gasteiger partial charge in [0.2, 0.25) is 5.91 Å². The molecule has 0 saturated heterocycles. The first-order valence-corrected chi connectivity index (χ1v) is 9.09. The lowest BCUT2D eigenvalue weighted by Crippen LogP contribution is -2.40. The Kier molecular flexibility index (Phi) is 5.18. The lowest BCUT2D eigenvalue weighted by atomic mass is 9.95. The van der Waals surface area contributed by atoms with Gasteiger partial charge in [-0.05, 0) is 25.0 Å². The van der Waals surface area contributed by atoms with Crippen LogP contribution in [0.25, 0.3) is 10.9 Å². The SMILES string of the molecule is CCC(=O)N(N)c1c(C(N)=O)c2c(OC)cccc2n1C1CCCCC1. The molecule has 0 unspecified atom stereocenters. The van der Waals surface area contributed by atoms with Gasteiger partial charge in [-0.2, -0.15) is 0 Å². The first-order chi connectivity index (χ1) is 12.5. The molecule has 7 heteroatoms. The van der Waals surface area contributed by atoms with Crippen LogP contribution in [0.2, 0.25) is 0 Å². The van der Waals surface area contributed by atoms with Crippen LogP contribution in [0.5, 0.6) is 5.75 Å². The molecule has 26 heavy (non-hydrogen) atoms. The Bertz CT molecular complexity index is 837. The molecule has 1 heterocycles. The fourth-order valence-electron chi connectivity index (χ4n) is 3.96. The van der Waals surface area contributed by atoms with E-state index in [0.717, 1.165) is 36.2 Å². The number of hydrogen-bond donors (Lipinski definition) is 2. The van der Waals surface area contributed by atoms with E-state index in [1.165, 1.54) is 6.42 Å². The van der Waals surface area contributed by atoms with Crippen molar-refractivity contribution < 1.29 is 14.3 Å². The van der Waals surface area contributed by atoms with Gasteiger partial charge >= 0.3 is 0 Å². The van der Waals surface area contributed by atoms with E-state index < -0.39 is 5.91 Å². The molecule has 2 amide bonds.